The predicted octanol–water partition coefficient (Wildman–Crippen LogP) is 5.28. The number of fused-ring (bicyclic) bond motifs is 6. The molecule has 0 atom stereocenters. The van der Waals surface area contributed by atoms with E-state index in [-0.39, 0.29) is 0 Å². The second-order valence-electron chi connectivity index (χ2n) is 7.08. The summed E-state index contributed by atoms with van der Waals surface area (Å²) < 4.78 is 0. The van der Waals surface area contributed by atoms with Crippen LogP contribution in [0.15, 0.2) is 85.5 Å². The third kappa shape index (κ3) is 2.65. The number of hydrogen-bond donors (Lipinski definition) is 0. The first-order valence-corrected chi connectivity index (χ1v) is 9.65. The van der Waals surface area contributed by atoms with Crippen LogP contribution in [0.1, 0.15) is 11.1 Å². The van der Waals surface area contributed by atoms with Crippen LogP contribution in [-0.4, -0.2) is 19.9 Å². The van der Waals surface area contributed by atoms with Gasteiger partial charge in [-0.1, -0.05) is 48.2 Å². The standard InChI is InChI=1S/C26H14N4/c1-3-19-7-8-21-15-17(16-30-25(21)23(19)27-12-1)5-6-18-11-14-29-26-22(18)10-9-20-4-2-13-28-24(20)26/h1-4,7-16H. The van der Waals surface area contributed by atoms with Crippen molar-refractivity contribution in [1.29, 1.82) is 0 Å². The summed E-state index contributed by atoms with van der Waals surface area (Å²) in [7, 11) is 0. The molecule has 0 radical (unpaired) electrons. The van der Waals surface area contributed by atoms with Crippen molar-refractivity contribution in [2.24, 2.45) is 0 Å². The first kappa shape index (κ1) is 16.6. The van der Waals surface area contributed by atoms with E-state index in [2.05, 4.69) is 62.1 Å². The minimum atomic E-state index is 0.863. The molecule has 0 aliphatic rings. The molecule has 4 heterocycles. The van der Waals surface area contributed by atoms with Crippen molar-refractivity contribution in [2.45, 2.75) is 0 Å². The number of benzene rings is 2. The maximum Gasteiger partial charge on any atom is 0.0977 e. The Morgan fingerprint density at radius 3 is 2.03 bits per heavy atom. The van der Waals surface area contributed by atoms with E-state index in [1.807, 2.05) is 36.5 Å². The molecular formula is C26H14N4. The lowest BCUT2D eigenvalue weighted by Crippen LogP contribution is -1.88. The number of rotatable bonds is 0. The first-order chi connectivity index (χ1) is 14.9. The SMILES string of the molecule is C(#Cc1ccnc2c1ccc1cccnc12)c1cnc2c(ccc3cccnc32)c1. The second kappa shape index (κ2) is 6.61. The summed E-state index contributed by atoms with van der Waals surface area (Å²) in [6.07, 6.45) is 7.19. The Morgan fingerprint density at radius 1 is 0.533 bits per heavy atom. The molecule has 138 valence electrons. The molecule has 0 fully saturated rings. The van der Waals surface area contributed by atoms with Gasteiger partial charge in [0.15, 0.2) is 0 Å². The van der Waals surface area contributed by atoms with Gasteiger partial charge in [-0.2, -0.15) is 0 Å². The van der Waals surface area contributed by atoms with Crippen LogP contribution < -0.4 is 0 Å². The Labute approximate surface area is 172 Å². The molecule has 0 spiro atoms. The van der Waals surface area contributed by atoms with Gasteiger partial charge in [-0.3, -0.25) is 19.9 Å². The molecule has 0 amide bonds. The van der Waals surface area contributed by atoms with Gasteiger partial charge in [0.2, 0.25) is 0 Å². The normalized spacial score (nSPS) is 11.1. The highest BCUT2D eigenvalue weighted by atomic mass is 14.7. The molecule has 4 aromatic heterocycles. The maximum atomic E-state index is 4.64. The largest absolute Gasteiger partial charge is 0.254 e. The zero-order valence-corrected chi connectivity index (χ0v) is 15.9. The van der Waals surface area contributed by atoms with E-state index < -0.39 is 0 Å². The number of pyridine rings is 4. The number of nitrogens with zero attached hydrogens (tertiary/aromatic N) is 4. The maximum absolute atomic E-state index is 4.64. The van der Waals surface area contributed by atoms with Crippen molar-refractivity contribution in [2.75, 3.05) is 0 Å². The van der Waals surface area contributed by atoms with Crippen LogP contribution in [0.3, 0.4) is 0 Å². The highest BCUT2D eigenvalue weighted by Crippen LogP contribution is 2.24. The molecule has 0 bridgehead atoms. The number of aromatic nitrogens is 4. The van der Waals surface area contributed by atoms with Crippen LogP contribution in [0.2, 0.25) is 0 Å². The zero-order chi connectivity index (χ0) is 19.9. The lowest BCUT2D eigenvalue weighted by Gasteiger charge is -2.04. The van der Waals surface area contributed by atoms with Crippen LogP contribution >= 0.6 is 0 Å². The van der Waals surface area contributed by atoms with Gasteiger partial charge in [0.1, 0.15) is 0 Å². The van der Waals surface area contributed by atoms with Crippen molar-refractivity contribution >= 4 is 43.6 Å². The molecule has 2 aromatic carbocycles. The lowest BCUT2D eigenvalue weighted by molar-refractivity contribution is 1.36. The predicted molar refractivity (Wildman–Crippen MR) is 120 cm³/mol. The minimum absolute atomic E-state index is 0.863. The fourth-order valence-electron chi connectivity index (χ4n) is 3.81. The van der Waals surface area contributed by atoms with E-state index >= 15 is 0 Å². The molecule has 6 rings (SSSR count). The summed E-state index contributed by atoms with van der Waals surface area (Å²) >= 11 is 0. The van der Waals surface area contributed by atoms with Gasteiger partial charge in [0, 0.05) is 57.5 Å². The monoisotopic (exact) mass is 382 g/mol. The van der Waals surface area contributed by atoms with Gasteiger partial charge >= 0.3 is 0 Å². The zero-order valence-electron chi connectivity index (χ0n) is 15.9. The Kier molecular flexibility index (Phi) is 3.65. The van der Waals surface area contributed by atoms with Crippen LogP contribution in [0.5, 0.6) is 0 Å². The number of hydrogen-bond acceptors (Lipinski definition) is 4. The Bertz CT molecular complexity index is 1660. The van der Waals surface area contributed by atoms with Crippen molar-refractivity contribution in [3.63, 3.8) is 0 Å². The third-order valence-corrected chi connectivity index (χ3v) is 5.25. The molecule has 6 aromatic rings. The summed E-state index contributed by atoms with van der Waals surface area (Å²) in [5.41, 5.74) is 5.36. The fourth-order valence-corrected chi connectivity index (χ4v) is 3.81. The second-order valence-corrected chi connectivity index (χ2v) is 7.08. The summed E-state index contributed by atoms with van der Waals surface area (Å²) in [5, 5.41) is 4.19. The quantitative estimate of drug-likeness (QED) is 0.265. The topological polar surface area (TPSA) is 51.6 Å². The first-order valence-electron chi connectivity index (χ1n) is 9.65. The van der Waals surface area contributed by atoms with E-state index in [1.54, 1.807) is 18.6 Å². The van der Waals surface area contributed by atoms with Gasteiger partial charge in [0.05, 0.1) is 22.1 Å². The van der Waals surface area contributed by atoms with E-state index in [0.717, 1.165) is 54.7 Å². The molecule has 0 aliphatic heterocycles. The summed E-state index contributed by atoms with van der Waals surface area (Å²) in [5.74, 6) is 6.56. The van der Waals surface area contributed by atoms with E-state index in [4.69, 9.17) is 0 Å². The van der Waals surface area contributed by atoms with Crippen LogP contribution in [0.4, 0.5) is 0 Å². The molecule has 0 N–H and O–H groups in total. The van der Waals surface area contributed by atoms with Crippen LogP contribution in [0.25, 0.3) is 43.6 Å². The van der Waals surface area contributed by atoms with Crippen LogP contribution in [-0.2, 0) is 0 Å². The van der Waals surface area contributed by atoms with Gasteiger partial charge in [-0.15, -0.1) is 0 Å². The highest BCUT2D eigenvalue weighted by molar-refractivity contribution is 6.05. The summed E-state index contributed by atoms with van der Waals surface area (Å²) in [4.78, 5) is 18.2. The minimum Gasteiger partial charge on any atom is -0.254 e. The molecule has 0 saturated heterocycles. The van der Waals surface area contributed by atoms with Crippen molar-refractivity contribution in [1.82, 2.24) is 19.9 Å². The van der Waals surface area contributed by atoms with Crippen molar-refractivity contribution < 1.29 is 0 Å². The van der Waals surface area contributed by atoms with E-state index in [9.17, 15) is 0 Å². The van der Waals surface area contributed by atoms with Crippen molar-refractivity contribution in [3.8, 4) is 11.8 Å². The fraction of sp³-hybridized carbons (Fsp3) is 0. The van der Waals surface area contributed by atoms with E-state index in [1.165, 1.54) is 0 Å². The molecular weight excluding hydrogens is 368 g/mol. The van der Waals surface area contributed by atoms with Crippen molar-refractivity contribution in [3.05, 3.63) is 96.6 Å². The average Bonchev–Trinajstić information content (AvgIpc) is 2.82. The average molecular weight is 382 g/mol. The van der Waals surface area contributed by atoms with Gasteiger partial charge < -0.3 is 0 Å². The summed E-state index contributed by atoms with van der Waals surface area (Å²) in [6.45, 7) is 0. The molecule has 30 heavy (non-hydrogen) atoms. The van der Waals surface area contributed by atoms with Gasteiger partial charge in [-0.25, -0.2) is 0 Å². The molecule has 0 unspecified atom stereocenters. The van der Waals surface area contributed by atoms with Gasteiger partial charge in [-0.05, 0) is 24.3 Å². The molecule has 4 heteroatoms. The highest BCUT2D eigenvalue weighted by Gasteiger charge is 2.06. The third-order valence-electron chi connectivity index (χ3n) is 5.25. The van der Waals surface area contributed by atoms with Crippen LogP contribution in [0, 0.1) is 11.8 Å². The molecule has 0 saturated carbocycles. The Hall–Kier alpha value is -4.36. The molecule has 0 aliphatic carbocycles. The Balaban J connectivity index is 1.48. The van der Waals surface area contributed by atoms with Gasteiger partial charge in [0.25, 0.3) is 0 Å². The lowest BCUT2D eigenvalue weighted by atomic mass is 10.1. The van der Waals surface area contributed by atoms with E-state index in [0.29, 0.717) is 0 Å². The Morgan fingerprint density at radius 2 is 1.20 bits per heavy atom. The molecule has 4 nitrogen and oxygen atoms in total. The smallest absolute Gasteiger partial charge is 0.0977 e. The summed E-state index contributed by atoms with van der Waals surface area (Å²) in [6, 6.07) is 20.2.